The van der Waals surface area contributed by atoms with E-state index in [1.54, 1.807) is 7.11 Å². The molecule has 1 aliphatic heterocycles. The molecule has 2 aromatic rings. The maximum atomic E-state index is 11.2. The van der Waals surface area contributed by atoms with Crippen LogP contribution in [0.3, 0.4) is 0 Å². The number of hydrogen-bond donors (Lipinski definition) is 0. The second kappa shape index (κ2) is 6.03. The maximum absolute atomic E-state index is 11.2. The monoisotopic (exact) mass is 394 g/mol. The van der Waals surface area contributed by atoms with Crippen LogP contribution in [0, 0.1) is 23.7 Å². The van der Waals surface area contributed by atoms with Gasteiger partial charge in [0.1, 0.15) is 5.75 Å². The predicted molar refractivity (Wildman–Crippen MR) is 106 cm³/mol. The van der Waals surface area contributed by atoms with Gasteiger partial charge in [-0.1, -0.05) is 18.2 Å². The second-order valence-electron chi connectivity index (χ2n) is 9.40. The molecule has 1 heterocycles. The van der Waals surface area contributed by atoms with Crippen LogP contribution in [0.4, 0.5) is 0 Å². The van der Waals surface area contributed by atoms with Crippen LogP contribution in [0.25, 0.3) is 10.8 Å². The van der Waals surface area contributed by atoms with E-state index in [2.05, 4.69) is 12.1 Å². The van der Waals surface area contributed by atoms with E-state index in [9.17, 15) is 4.79 Å². The minimum absolute atomic E-state index is 0.317. The third-order valence-corrected chi connectivity index (χ3v) is 7.90. The van der Waals surface area contributed by atoms with Gasteiger partial charge in [0, 0.05) is 19.6 Å². The zero-order valence-electron chi connectivity index (χ0n) is 16.9. The first-order valence-corrected chi connectivity index (χ1v) is 10.7. The Hall–Kier alpha value is -1.95. The van der Waals surface area contributed by atoms with Gasteiger partial charge in [0.2, 0.25) is 0 Å². The predicted octanol–water partition coefficient (Wildman–Crippen LogP) is 4.72. The van der Waals surface area contributed by atoms with Gasteiger partial charge < -0.3 is 9.47 Å². The Labute approximate surface area is 170 Å². The van der Waals surface area contributed by atoms with Gasteiger partial charge in [-0.25, -0.2) is 4.89 Å². The summed E-state index contributed by atoms with van der Waals surface area (Å²) < 4.78 is 11.4. The highest BCUT2D eigenvalue weighted by molar-refractivity contribution is 5.85. The van der Waals surface area contributed by atoms with Crippen molar-refractivity contribution in [2.45, 2.75) is 50.4 Å². The molecular weight excluding hydrogens is 368 g/mol. The fourth-order valence-electron chi connectivity index (χ4n) is 7.01. The van der Waals surface area contributed by atoms with Gasteiger partial charge in [-0.05, 0) is 84.7 Å². The maximum Gasteiger partial charge on any atom is 0.308 e. The molecule has 5 nitrogen and oxygen atoms in total. The highest BCUT2D eigenvalue weighted by Gasteiger charge is 2.76. The lowest BCUT2D eigenvalue weighted by Gasteiger charge is -2.68. The Morgan fingerprint density at radius 3 is 2.17 bits per heavy atom. The molecule has 1 saturated heterocycles. The molecule has 0 N–H and O–H groups in total. The van der Waals surface area contributed by atoms with E-state index in [1.165, 1.54) is 39.0 Å². The summed E-state index contributed by atoms with van der Waals surface area (Å²) in [5.41, 5.74) is 0.632. The minimum atomic E-state index is -0.849. The van der Waals surface area contributed by atoms with Crippen molar-refractivity contribution in [3.05, 3.63) is 42.0 Å². The molecule has 2 aromatic carbocycles. The topological polar surface area (TPSA) is 54.0 Å². The molecule has 4 aliphatic carbocycles. The normalized spacial score (nSPS) is 39.7. The van der Waals surface area contributed by atoms with E-state index in [1.807, 2.05) is 24.3 Å². The van der Waals surface area contributed by atoms with Crippen LogP contribution in [-0.4, -0.2) is 18.7 Å². The fourth-order valence-corrected chi connectivity index (χ4v) is 7.01. The molecule has 29 heavy (non-hydrogen) atoms. The molecule has 7 rings (SSSR count). The van der Waals surface area contributed by atoms with E-state index < -0.39 is 5.79 Å². The molecule has 0 aromatic heterocycles. The highest BCUT2D eigenvalue weighted by Crippen LogP contribution is 2.69. The van der Waals surface area contributed by atoms with Crippen molar-refractivity contribution in [2.75, 3.05) is 7.11 Å². The summed E-state index contributed by atoms with van der Waals surface area (Å²) in [7, 11) is 1.74. The number of benzene rings is 2. The number of ether oxygens (including phenoxy) is 2. The zero-order chi connectivity index (χ0) is 19.8. The largest absolute Gasteiger partial charge is 0.427 e. The van der Waals surface area contributed by atoms with Gasteiger partial charge >= 0.3 is 5.97 Å². The van der Waals surface area contributed by atoms with Crippen molar-refractivity contribution < 1.29 is 24.0 Å². The van der Waals surface area contributed by atoms with Crippen LogP contribution in [0.1, 0.15) is 44.6 Å². The first-order valence-electron chi connectivity index (χ1n) is 10.7. The van der Waals surface area contributed by atoms with Gasteiger partial charge in [-0.15, -0.1) is 0 Å². The minimum Gasteiger partial charge on any atom is -0.427 e. The summed E-state index contributed by atoms with van der Waals surface area (Å²) >= 11 is 0. The van der Waals surface area contributed by atoms with E-state index in [0.717, 1.165) is 28.2 Å². The first-order chi connectivity index (χ1) is 14.0. The molecule has 1 spiro atoms. The Morgan fingerprint density at radius 2 is 1.59 bits per heavy atom. The molecule has 1 atom stereocenters. The van der Waals surface area contributed by atoms with Crippen molar-refractivity contribution in [1.29, 1.82) is 0 Å². The van der Waals surface area contributed by atoms with E-state index in [-0.39, 0.29) is 11.6 Å². The van der Waals surface area contributed by atoms with E-state index in [4.69, 9.17) is 19.2 Å². The van der Waals surface area contributed by atoms with Crippen LogP contribution >= 0.6 is 0 Å². The standard InChI is InChI=1S/C24H26O5/c1-14(25)27-22-6-4-17-12-19(5-3-18(17)13-22)24(26-2)23(28-29-24)20-8-15-7-16(10-20)11-21(23)9-15/h3-6,12-13,15-16,20-21H,7-11H2,1-2H3. The van der Waals surface area contributed by atoms with Crippen molar-refractivity contribution in [3.63, 3.8) is 0 Å². The van der Waals surface area contributed by atoms with E-state index in [0.29, 0.717) is 17.6 Å². The molecule has 4 saturated carbocycles. The lowest BCUT2D eigenvalue weighted by atomic mass is 9.47. The third kappa shape index (κ3) is 2.29. The summed E-state index contributed by atoms with van der Waals surface area (Å²) in [5, 5.41) is 2.07. The fraction of sp³-hybridized carbons (Fsp3) is 0.542. The zero-order valence-corrected chi connectivity index (χ0v) is 16.9. The quantitative estimate of drug-likeness (QED) is 0.428. The summed E-state index contributed by atoms with van der Waals surface area (Å²) in [5.74, 6) is 2.07. The molecule has 0 amide bonds. The number of carbonyl (C=O) groups excluding carboxylic acids is 1. The van der Waals surface area contributed by atoms with Crippen LogP contribution in [0.2, 0.25) is 0 Å². The summed E-state index contributed by atoms with van der Waals surface area (Å²) in [6.45, 7) is 1.41. The van der Waals surface area contributed by atoms with Crippen LogP contribution < -0.4 is 4.74 Å². The number of hydrogen-bond acceptors (Lipinski definition) is 5. The van der Waals surface area contributed by atoms with Crippen LogP contribution in [0.5, 0.6) is 5.75 Å². The van der Waals surface area contributed by atoms with Gasteiger partial charge in [-0.2, -0.15) is 4.89 Å². The second-order valence-corrected chi connectivity index (χ2v) is 9.40. The first kappa shape index (κ1) is 17.9. The molecule has 5 heteroatoms. The molecule has 4 bridgehead atoms. The number of esters is 1. The molecule has 1 unspecified atom stereocenters. The summed E-state index contributed by atoms with van der Waals surface area (Å²) in [4.78, 5) is 23.2. The van der Waals surface area contributed by atoms with Crippen LogP contribution in [0.15, 0.2) is 36.4 Å². The number of fused-ring (bicyclic) bond motifs is 1. The lowest BCUT2D eigenvalue weighted by Crippen LogP contribution is -2.76. The highest BCUT2D eigenvalue weighted by atomic mass is 17.3. The third-order valence-electron chi connectivity index (χ3n) is 7.90. The number of carbonyl (C=O) groups is 1. The Morgan fingerprint density at radius 1 is 0.931 bits per heavy atom. The van der Waals surface area contributed by atoms with Crippen LogP contribution in [-0.2, 0) is 25.1 Å². The number of rotatable bonds is 3. The van der Waals surface area contributed by atoms with Gasteiger partial charge in [0.05, 0.1) is 0 Å². The van der Waals surface area contributed by atoms with E-state index >= 15 is 0 Å². The molecule has 0 radical (unpaired) electrons. The van der Waals surface area contributed by atoms with Crippen molar-refractivity contribution in [3.8, 4) is 5.75 Å². The molecule has 5 fully saturated rings. The van der Waals surface area contributed by atoms with Crippen molar-refractivity contribution in [2.24, 2.45) is 23.7 Å². The van der Waals surface area contributed by atoms with Crippen molar-refractivity contribution in [1.82, 2.24) is 0 Å². The molecule has 5 aliphatic rings. The smallest absolute Gasteiger partial charge is 0.308 e. The van der Waals surface area contributed by atoms with Gasteiger partial charge in [-0.3, -0.25) is 4.79 Å². The Bertz CT molecular complexity index is 966. The summed E-state index contributed by atoms with van der Waals surface area (Å²) in [6, 6.07) is 11.9. The Kier molecular flexibility index (Phi) is 3.72. The molecular formula is C24H26O5. The Balaban J connectivity index is 1.41. The number of methoxy groups -OCH3 is 1. The lowest BCUT2D eigenvalue weighted by molar-refractivity contribution is -0.645. The average molecular weight is 394 g/mol. The summed E-state index contributed by atoms with van der Waals surface area (Å²) in [6.07, 6.45) is 6.29. The SMILES string of the molecule is COC1(c2ccc3cc(OC(C)=O)ccc3c2)OOC12C1CC3CC(C1)CC2C3. The van der Waals surface area contributed by atoms with Gasteiger partial charge in [0.15, 0.2) is 5.60 Å². The van der Waals surface area contributed by atoms with Gasteiger partial charge in [0.25, 0.3) is 5.79 Å². The molecule has 152 valence electrons. The van der Waals surface area contributed by atoms with Crippen molar-refractivity contribution >= 4 is 16.7 Å². The average Bonchev–Trinajstić information content (AvgIpc) is 2.67.